The number of anilines is 2. The molecule has 1 atom stereocenters. The minimum atomic E-state index is 0.490. The number of benzene rings is 1. The lowest BCUT2D eigenvalue weighted by atomic mass is 9.88. The van der Waals surface area contributed by atoms with Crippen LogP contribution < -0.4 is 11.5 Å². The third kappa shape index (κ3) is 5.45. The Labute approximate surface area is 130 Å². The first-order valence-electron chi connectivity index (χ1n) is 8.29. The van der Waals surface area contributed by atoms with Crippen LogP contribution in [0.25, 0.3) is 0 Å². The van der Waals surface area contributed by atoms with Gasteiger partial charge >= 0.3 is 0 Å². The summed E-state index contributed by atoms with van der Waals surface area (Å²) in [5, 5.41) is 0. The van der Waals surface area contributed by atoms with Crippen LogP contribution in [0, 0.1) is 5.92 Å². The second-order valence-corrected chi connectivity index (χ2v) is 6.44. The van der Waals surface area contributed by atoms with Crippen molar-refractivity contribution in [3.05, 3.63) is 35.4 Å². The largest absolute Gasteiger partial charge is 0.398 e. The molecule has 0 spiro atoms. The Morgan fingerprint density at radius 1 is 1.10 bits per heavy atom. The van der Waals surface area contributed by atoms with Crippen LogP contribution in [0.3, 0.4) is 0 Å². The molecule has 0 radical (unpaired) electrons. The lowest BCUT2D eigenvalue weighted by Gasteiger charge is -2.20. The van der Waals surface area contributed by atoms with Gasteiger partial charge in [0.25, 0.3) is 0 Å². The van der Waals surface area contributed by atoms with Gasteiger partial charge in [-0.05, 0) is 61.1 Å². The molecule has 0 aromatic heterocycles. The highest BCUT2D eigenvalue weighted by Gasteiger charge is 2.15. The standard InChI is InChI=1S/C19H32N2/c1-5-6-7-8-9-10-17-18(20)12-11-16(19(17)21)15(4)13-14(2)3/h6-7,11-12,14-15H,5,8-10,13,20-21H2,1-4H3. The Balaban J connectivity index is 2.81. The summed E-state index contributed by atoms with van der Waals surface area (Å²) in [6.07, 6.45) is 9.89. The van der Waals surface area contributed by atoms with Gasteiger partial charge in [-0.2, -0.15) is 0 Å². The van der Waals surface area contributed by atoms with Gasteiger partial charge in [-0.25, -0.2) is 0 Å². The molecule has 21 heavy (non-hydrogen) atoms. The van der Waals surface area contributed by atoms with Crippen molar-refractivity contribution in [2.24, 2.45) is 5.92 Å². The molecule has 0 saturated carbocycles. The molecule has 0 amide bonds. The normalized spacial score (nSPS) is 13.2. The molecular formula is C19H32N2. The second-order valence-electron chi connectivity index (χ2n) is 6.44. The fourth-order valence-corrected chi connectivity index (χ4v) is 2.92. The van der Waals surface area contributed by atoms with E-state index in [-0.39, 0.29) is 0 Å². The maximum atomic E-state index is 6.40. The number of unbranched alkanes of at least 4 members (excludes halogenated alkanes) is 1. The van der Waals surface area contributed by atoms with Gasteiger partial charge in [0, 0.05) is 11.4 Å². The van der Waals surface area contributed by atoms with E-state index in [1.165, 1.54) is 5.56 Å². The summed E-state index contributed by atoms with van der Waals surface area (Å²) in [7, 11) is 0. The minimum Gasteiger partial charge on any atom is -0.398 e. The van der Waals surface area contributed by atoms with Crippen LogP contribution >= 0.6 is 0 Å². The molecular weight excluding hydrogens is 256 g/mol. The van der Waals surface area contributed by atoms with Gasteiger partial charge in [-0.1, -0.05) is 45.9 Å². The Hall–Kier alpha value is -1.44. The van der Waals surface area contributed by atoms with E-state index >= 15 is 0 Å². The highest BCUT2D eigenvalue weighted by atomic mass is 14.6. The predicted octanol–water partition coefficient (Wildman–Crippen LogP) is 5.29. The van der Waals surface area contributed by atoms with Crippen LogP contribution in [0.15, 0.2) is 24.3 Å². The third-order valence-corrected chi connectivity index (χ3v) is 3.98. The molecule has 0 saturated heterocycles. The number of allylic oxidation sites excluding steroid dienone is 2. The van der Waals surface area contributed by atoms with Crippen molar-refractivity contribution in [1.82, 2.24) is 0 Å². The van der Waals surface area contributed by atoms with Crippen molar-refractivity contribution in [2.45, 2.75) is 65.7 Å². The third-order valence-electron chi connectivity index (χ3n) is 3.98. The quantitative estimate of drug-likeness (QED) is 0.388. The first kappa shape index (κ1) is 17.6. The van der Waals surface area contributed by atoms with Gasteiger partial charge in [0.2, 0.25) is 0 Å². The summed E-state index contributed by atoms with van der Waals surface area (Å²) in [5.74, 6) is 1.17. The summed E-state index contributed by atoms with van der Waals surface area (Å²) >= 11 is 0. The maximum Gasteiger partial charge on any atom is 0.0402 e. The van der Waals surface area contributed by atoms with Crippen LogP contribution in [0.4, 0.5) is 11.4 Å². The Kier molecular flexibility index (Phi) is 7.35. The number of hydrogen-bond acceptors (Lipinski definition) is 2. The van der Waals surface area contributed by atoms with Crippen LogP contribution in [-0.4, -0.2) is 0 Å². The van der Waals surface area contributed by atoms with Crippen LogP contribution in [-0.2, 0) is 6.42 Å². The van der Waals surface area contributed by atoms with Crippen molar-refractivity contribution in [1.29, 1.82) is 0 Å². The van der Waals surface area contributed by atoms with E-state index < -0.39 is 0 Å². The van der Waals surface area contributed by atoms with E-state index in [0.717, 1.165) is 49.0 Å². The van der Waals surface area contributed by atoms with Gasteiger partial charge in [0.05, 0.1) is 0 Å². The lowest BCUT2D eigenvalue weighted by Crippen LogP contribution is -2.08. The molecule has 0 fully saturated rings. The van der Waals surface area contributed by atoms with Crippen LogP contribution in [0.2, 0.25) is 0 Å². The summed E-state index contributed by atoms with van der Waals surface area (Å²) in [4.78, 5) is 0. The summed E-state index contributed by atoms with van der Waals surface area (Å²) < 4.78 is 0. The first-order chi connectivity index (χ1) is 9.97. The van der Waals surface area contributed by atoms with Crippen LogP contribution in [0.5, 0.6) is 0 Å². The molecule has 1 aromatic carbocycles. The lowest BCUT2D eigenvalue weighted by molar-refractivity contribution is 0.524. The fourth-order valence-electron chi connectivity index (χ4n) is 2.92. The molecule has 0 bridgehead atoms. The summed E-state index contributed by atoms with van der Waals surface area (Å²) in [6, 6.07) is 4.14. The minimum absolute atomic E-state index is 0.490. The SMILES string of the molecule is CCC=CCCCc1c(N)ccc(C(C)CC(C)C)c1N. The summed E-state index contributed by atoms with van der Waals surface area (Å²) in [6.45, 7) is 8.93. The highest BCUT2D eigenvalue weighted by molar-refractivity contribution is 5.66. The van der Waals surface area contributed by atoms with Gasteiger partial charge < -0.3 is 11.5 Å². The molecule has 1 rings (SSSR count). The van der Waals surface area contributed by atoms with Crippen molar-refractivity contribution < 1.29 is 0 Å². The highest BCUT2D eigenvalue weighted by Crippen LogP contribution is 2.33. The molecule has 4 N–H and O–H groups in total. The van der Waals surface area contributed by atoms with E-state index in [1.54, 1.807) is 0 Å². The van der Waals surface area contributed by atoms with Crippen molar-refractivity contribution >= 4 is 11.4 Å². The van der Waals surface area contributed by atoms with E-state index in [0.29, 0.717) is 11.8 Å². The molecule has 0 heterocycles. The van der Waals surface area contributed by atoms with E-state index in [9.17, 15) is 0 Å². The Morgan fingerprint density at radius 2 is 1.81 bits per heavy atom. The molecule has 1 unspecified atom stereocenters. The fraction of sp³-hybridized carbons (Fsp3) is 0.579. The van der Waals surface area contributed by atoms with Gasteiger partial charge in [-0.3, -0.25) is 0 Å². The average molecular weight is 288 g/mol. The Bertz CT molecular complexity index is 461. The van der Waals surface area contributed by atoms with Crippen molar-refractivity contribution in [3.63, 3.8) is 0 Å². The number of nitrogens with two attached hydrogens (primary N) is 2. The van der Waals surface area contributed by atoms with Crippen molar-refractivity contribution in [2.75, 3.05) is 11.5 Å². The molecule has 0 aliphatic carbocycles. The van der Waals surface area contributed by atoms with Crippen molar-refractivity contribution in [3.8, 4) is 0 Å². The van der Waals surface area contributed by atoms with Gasteiger partial charge in [0.15, 0.2) is 0 Å². The topological polar surface area (TPSA) is 52.0 Å². The zero-order valence-electron chi connectivity index (χ0n) is 14.2. The van der Waals surface area contributed by atoms with Crippen LogP contribution in [0.1, 0.15) is 70.4 Å². The number of hydrogen-bond donors (Lipinski definition) is 2. The van der Waals surface area contributed by atoms with Gasteiger partial charge in [-0.15, -0.1) is 0 Å². The molecule has 2 heteroatoms. The summed E-state index contributed by atoms with van der Waals surface area (Å²) in [5.41, 5.74) is 16.7. The molecule has 0 aliphatic heterocycles. The first-order valence-corrected chi connectivity index (χ1v) is 8.29. The van der Waals surface area contributed by atoms with E-state index in [1.807, 2.05) is 6.07 Å². The molecule has 0 aliphatic rings. The number of rotatable bonds is 8. The average Bonchev–Trinajstić information content (AvgIpc) is 2.40. The predicted molar refractivity (Wildman–Crippen MR) is 95.5 cm³/mol. The molecule has 1 aromatic rings. The second kappa shape index (κ2) is 8.76. The smallest absolute Gasteiger partial charge is 0.0402 e. The van der Waals surface area contributed by atoms with E-state index in [2.05, 4.69) is 45.9 Å². The van der Waals surface area contributed by atoms with E-state index in [4.69, 9.17) is 11.5 Å². The molecule has 2 nitrogen and oxygen atoms in total. The number of nitrogen functional groups attached to an aromatic ring is 2. The zero-order valence-corrected chi connectivity index (χ0v) is 14.2. The zero-order chi connectivity index (χ0) is 15.8. The maximum absolute atomic E-state index is 6.40. The van der Waals surface area contributed by atoms with Gasteiger partial charge in [0.1, 0.15) is 0 Å². The molecule has 118 valence electrons. The monoisotopic (exact) mass is 288 g/mol. The Morgan fingerprint density at radius 3 is 2.43 bits per heavy atom.